The molecule has 0 aliphatic carbocycles. The van der Waals surface area contributed by atoms with Crippen LogP contribution in [0.15, 0.2) is 121 Å². The first-order valence-corrected chi connectivity index (χ1v) is 16.0. The lowest BCUT2D eigenvalue weighted by Gasteiger charge is -2.20. The van der Waals surface area contributed by atoms with E-state index in [1.54, 1.807) is 0 Å². The summed E-state index contributed by atoms with van der Waals surface area (Å²) in [5.41, 5.74) is 6.62. The molecule has 0 fully saturated rings. The van der Waals surface area contributed by atoms with Gasteiger partial charge in [0.15, 0.2) is 16.1 Å². The lowest BCUT2D eigenvalue weighted by atomic mass is 10.0. The van der Waals surface area contributed by atoms with Gasteiger partial charge in [-0.05, 0) is 68.5 Å². The molecule has 0 spiro atoms. The van der Waals surface area contributed by atoms with Gasteiger partial charge >= 0.3 is 7.80 Å². The number of benzene rings is 5. The smallest absolute Gasteiger partial charge is 0.288 e. The molecule has 0 aromatic heterocycles. The average molecular weight is 562 g/mol. The standard InChI is InChI=1S/C22H21OP.C14H14OP/c1-16-14-17(2)21(18(3)15-16)22(23)24(19-10-6-4-7-11-19)20-12-8-5-9-13-20;1-11-7-3-5-9-13(11)16(15)14-10-6-4-8-12(14)2/h4-15H,1-3H3;3-10H,1-2H3/q;+1. The van der Waals surface area contributed by atoms with E-state index < -0.39 is 15.7 Å². The van der Waals surface area contributed by atoms with Crippen molar-refractivity contribution in [3.05, 3.63) is 155 Å². The first kappa shape index (κ1) is 29.3. The maximum atomic E-state index is 13.5. The van der Waals surface area contributed by atoms with E-state index in [0.29, 0.717) is 0 Å². The predicted octanol–water partition coefficient (Wildman–Crippen LogP) is 7.97. The summed E-state index contributed by atoms with van der Waals surface area (Å²) in [6, 6.07) is 40.2. The number of carbonyl (C=O) groups is 1. The summed E-state index contributed by atoms with van der Waals surface area (Å²) in [5, 5.41) is 4.07. The molecule has 5 aromatic carbocycles. The van der Waals surface area contributed by atoms with Crippen LogP contribution in [0.25, 0.3) is 0 Å². The number of hydrogen-bond donors (Lipinski definition) is 0. The third kappa shape index (κ3) is 6.89. The van der Waals surface area contributed by atoms with Gasteiger partial charge in [-0.1, -0.05) is 119 Å². The van der Waals surface area contributed by atoms with Crippen LogP contribution in [0, 0.1) is 34.6 Å². The summed E-state index contributed by atoms with van der Waals surface area (Å²) < 4.78 is 12.4. The largest absolute Gasteiger partial charge is 0.415 e. The van der Waals surface area contributed by atoms with E-state index in [1.807, 2.05) is 113 Å². The van der Waals surface area contributed by atoms with Gasteiger partial charge in [0.1, 0.15) is 0 Å². The summed E-state index contributed by atoms with van der Waals surface area (Å²) in [6.07, 6.45) is 0. The zero-order valence-corrected chi connectivity index (χ0v) is 25.5. The molecule has 4 heteroatoms. The van der Waals surface area contributed by atoms with Crippen LogP contribution in [0.4, 0.5) is 0 Å². The third-order valence-electron chi connectivity index (χ3n) is 6.79. The van der Waals surface area contributed by atoms with Gasteiger partial charge in [-0.2, -0.15) is 0 Å². The third-order valence-corrected chi connectivity index (χ3v) is 10.9. The molecule has 5 aromatic rings. The van der Waals surface area contributed by atoms with Crippen LogP contribution >= 0.6 is 15.7 Å². The van der Waals surface area contributed by atoms with Gasteiger partial charge in [0.2, 0.25) is 0 Å². The molecule has 0 saturated carbocycles. The SMILES string of the molecule is Cc1cc(C)c(C(=O)P(c2ccccc2)c2ccccc2)c(C)c1.Cc1ccccc1[P+](=O)c1ccccc1C. The van der Waals surface area contributed by atoms with Crippen LogP contribution < -0.4 is 21.2 Å². The molecule has 0 N–H and O–H groups in total. The minimum absolute atomic E-state index is 0.234. The Hall–Kier alpha value is -3.70. The molecule has 0 bridgehead atoms. The molecule has 0 atom stereocenters. The fourth-order valence-corrected chi connectivity index (χ4v) is 8.66. The maximum Gasteiger partial charge on any atom is 0.415 e. The summed E-state index contributed by atoms with van der Waals surface area (Å²) in [5.74, 6) is 0. The van der Waals surface area contributed by atoms with Gasteiger partial charge in [-0.25, -0.2) is 0 Å². The Morgan fingerprint density at radius 2 is 0.900 bits per heavy atom. The average Bonchev–Trinajstić information content (AvgIpc) is 2.94. The minimum atomic E-state index is -1.46. The molecular weight excluding hydrogens is 526 g/mol. The Morgan fingerprint density at radius 1 is 0.525 bits per heavy atom. The van der Waals surface area contributed by atoms with Crippen LogP contribution in [0.2, 0.25) is 0 Å². The van der Waals surface area contributed by atoms with Crippen molar-refractivity contribution >= 4 is 42.5 Å². The Kier molecular flexibility index (Phi) is 9.94. The number of aryl methyl sites for hydroxylation is 5. The van der Waals surface area contributed by atoms with Crippen molar-refractivity contribution < 1.29 is 9.36 Å². The summed E-state index contributed by atoms with van der Waals surface area (Å²) >= 11 is 0. The topological polar surface area (TPSA) is 34.1 Å². The molecule has 0 aliphatic heterocycles. The van der Waals surface area contributed by atoms with Gasteiger partial charge < -0.3 is 0 Å². The fourth-order valence-electron chi connectivity index (χ4n) is 4.88. The van der Waals surface area contributed by atoms with Crippen LogP contribution in [0.5, 0.6) is 0 Å². The minimum Gasteiger partial charge on any atom is -0.288 e. The molecule has 0 saturated heterocycles. The van der Waals surface area contributed by atoms with Crippen molar-refractivity contribution in [2.75, 3.05) is 0 Å². The quantitative estimate of drug-likeness (QED) is 0.197. The Morgan fingerprint density at radius 3 is 1.30 bits per heavy atom. The van der Waals surface area contributed by atoms with Gasteiger partial charge in [0.25, 0.3) is 0 Å². The van der Waals surface area contributed by atoms with E-state index in [4.69, 9.17) is 0 Å². The monoisotopic (exact) mass is 561 g/mol. The second-order valence-corrected chi connectivity index (χ2v) is 13.6. The van der Waals surface area contributed by atoms with Crippen molar-refractivity contribution in [3.8, 4) is 0 Å². The molecule has 200 valence electrons. The van der Waals surface area contributed by atoms with Gasteiger partial charge in [0, 0.05) is 24.6 Å². The number of carbonyl (C=O) groups excluding carboxylic acids is 1. The molecule has 40 heavy (non-hydrogen) atoms. The van der Waals surface area contributed by atoms with Gasteiger partial charge in [0.05, 0.1) is 0 Å². The zero-order chi connectivity index (χ0) is 28.6. The lowest BCUT2D eigenvalue weighted by molar-refractivity contribution is 0.108. The number of hydrogen-bond acceptors (Lipinski definition) is 2. The molecule has 0 aliphatic rings. The molecule has 2 nitrogen and oxygen atoms in total. The Labute approximate surface area is 240 Å². The van der Waals surface area contributed by atoms with Crippen LogP contribution in [0.3, 0.4) is 0 Å². The fraction of sp³-hybridized carbons (Fsp3) is 0.139. The second-order valence-electron chi connectivity index (χ2n) is 9.95. The van der Waals surface area contributed by atoms with Crippen molar-refractivity contribution in [2.45, 2.75) is 34.6 Å². The predicted molar refractivity (Wildman–Crippen MR) is 173 cm³/mol. The summed E-state index contributed by atoms with van der Waals surface area (Å²) in [6.45, 7) is 10.2. The maximum absolute atomic E-state index is 13.5. The van der Waals surface area contributed by atoms with E-state index in [-0.39, 0.29) is 5.52 Å². The zero-order valence-electron chi connectivity index (χ0n) is 23.8. The van der Waals surface area contributed by atoms with E-state index in [2.05, 4.69) is 43.3 Å². The normalized spacial score (nSPS) is 10.6. The van der Waals surface area contributed by atoms with Gasteiger partial charge in [-0.15, -0.1) is 0 Å². The first-order valence-electron chi connectivity index (χ1n) is 13.4. The van der Waals surface area contributed by atoms with Gasteiger partial charge in [-0.3, -0.25) is 4.79 Å². The molecule has 0 unspecified atom stereocenters. The van der Waals surface area contributed by atoms with Crippen molar-refractivity contribution in [3.63, 3.8) is 0 Å². The highest BCUT2D eigenvalue weighted by Crippen LogP contribution is 2.39. The van der Waals surface area contributed by atoms with Crippen LogP contribution in [-0.2, 0) is 4.57 Å². The van der Waals surface area contributed by atoms with Crippen molar-refractivity contribution in [1.29, 1.82) is 0 Å². The highest BCUT2D eigenvalue weighted by Gasteiger charge is 2.27. The van der Waals surface area contributed by atoms with Crippen molar-refractivity contribution in [1.82, 2.24) is 0 Å². The second kappa shape index (κ2) is 13.6. The van der Waals surface area contributed by atoms with E-state index in [1.165, 1.54) is 5.56 Å². The first-order chi connectivity index (χ1) is 19.3. The Bertz CT molecular complexity index is 1520. The molecular formula is C36H35O2P2+. The van der Waals surface area contributed by atoms with E-state index >= 15 is 0 Å². The molecule has 5 rings (SSSR count). The lowest BCUT2D eigenvalue weighted by Crippen LogP contribution is -2.19. The molecule has 0 radical (unpaired) electrons. The van der Waals surface area contributed by atoms with Crippen molar-refractivity contribution in [2.24, 2.45) is 0 Å². The highest BCUT2D eigenvalue weighted by atomic mass is 31.1. The molecule has 0 amide bonds. The van der Waals surface area contributed by atoms with E-state index in [9.17, 15) is 9.36 Å². The summed E-state index contributed by atoms with van der Waals surface area (Å²) in [7, 11) is -2.53. The van der Waals surface area contributed by atoms with Crippen LogP contribution in [0.1, 0.15) is 38.2 Å². The van der Waals surface area contributed by atoms with E-state index in [0.717, 1.165) is 49.0 Å². The van der Waals surface area contributed by atoms with Crippen LogP contribution in [-0.4, -0.2) is 5.52 Å². The Balaban J connectivity index is 0.000000201. The number of rotatable bonds is 6. The summed E-state index contributed by atoms with van der Waals surface area (Å²) in [4.78, 5) is 13.5. The highest BCUT2D eigenvalue weighted by molar-refractivity contribution is 7.88. The molecule has 0 heterocycles.